The van der Waals surface area contributed by atoms with Crippen LogP contribution in [0.25, 0.3) is 0 Å². The molecule has 98 valence electrons. The van der Waals surface area contributed by atoms with Gasteiger partial charge in [-0.2, -0.15) is 0 Å². The number of aryl methyl sites for hydroxylation is 1. The summed E-state index contributed by atoms with van der Waals surface area (Å²) in [7, 11) is 0. The van der Waals surface area contributed by atoms with Gasteiger partial charge in [-0.15, -0.1) is 0 Å². The third-order valence-corrected chi connectivity index (χ3v) is 3.89. The van der Waals surface area contributed by atoms with Gasteiger partial charge in [0.05, 0.1) is 4.83 Å². The Morgan fingerprint density at radius 2 is 2.00 bits per heavy atom. The lowest BCUT2D eigenvalue weighted by Crippen LogP contribution is -2.17. The van der Waals surface area contributed by atoms with Crippen molar-refractivity contribution in [2.45, 2.75) is 31.2 Å². The smallest absolute Gasteiger partial charge is 0.337 e. The summed E-state index contributed by atoms with van der Waals surface area (Å²) in [5.74, 6) is -1.46. The number of hydrogen-bond acceptors (Lipinski definition) is 3. The molecule has 1 aromatic rings. The van der Waals surface area contributed by atoms with Crippen molar-refractivity contribution < 1.29 is 19.8 Å². The standard InChI is InChI=1S/C13H15BrO4/c1-3-8-5-4-6-9(11(14)7(2)15)10(8)12(16)13(17)18/h4-6,11-12,16H,3H2,1-2H3,(H,17,18). The molecule has 1 aromatic carbocycles. The minimum Gasteiger partial charge on any atom is -0.479 e. The van der Waals surface area contributed by atoms with Crippen LogP contribution in [0, 0.1) is 0 Å². The fraction of sp³-hybridized carbons (Fsp3) is 0.385. The SMILES string of the molecule is CCc1cccc(C(Br)C(C)=O)c1C(O)C(=O)O. The predicted octanol–water partition coefficient (Wildman–Crippen LogP) is 2.39. The van der Waals surface area contributed by atoms with E-state index in [0.29, 0.717) is 17.5 Å². The Labute approximate surface area is 114 Å². The number of carboxylic acids is 1. The number of benzene rings is 1. The van der Waals surface area contributed by atoms with Crippen LogP contribution in [0.15, 0.2) is 18.2 Å². The minimum atomic E-state index is -1.62. The molecule has 0 aliphatic rings. The molecule has 0 spiro atoms. The number of halogens is 1. The van der Waals surface area contributed by atoms with Crippen LogP contribution in [0.4, 0.5) is 0 Å². The molecule has 2 atom stereocenters. The topological polar surface area (TPSA) is 74.6 Å². The van der Waals surface area contributed by atoms with E-state index in [-0.39, 0.29) is 5.78 Å². The fourth-order valence-electron chi connectivity index (χ4n) is 1.84. The van der Waals surface area contributed by atoms with Crippen LogP contribution in [0.2, 0.25) is 0 Å². The van der Waals surface area contributed by atoms with Gasteiger partial charge in [-0.1, -0.05) is 41.1 Å². The lowest BCUT2D eigenvalue weighted by molar-refractivity contribution is -0.147. The van der Waals surface area contributed by atoms with Gasteiger partial charge in [0.2, 0.25) is 0 Å². The van der Waals surface area contributed by atoms with Crippen LogP contribution >= 0.6 is 15.9 Å². The molecular weight excluding hydrogens is 300 g/mol. The van der Waals surface area contributed by atoms with Gasteiger partial charge in [-0.3, -0.25) is 4.79 Å². The van der Waals surface area contributed by atoms with Crippen molar-refractivity contribution >= 4 is 27.7 Å². The molecule has 0 bridgehead atoms. The summed E-state index contributed by atoms with van der Waals surface area (Å²) in [5, 5.41) is 18.7. The highest BCUT2D eigenvalue weighted by Gasteiger charge is 2.26. The Morgan fingerprint density at radius 3 is 2.44 bits per heavy atom. The van der Waals surface area contributed by atoms with Crippen molar-refractivity contribution in [1.82, 2.24) is 0 Å². The van der Waals surface area contributed by atoms with E-state index in [1.165, 1.54) is 6.92 Å². The van der Waals surface area contributed by atoms with Crippen molar-refractivity contribution in [3.63, 3.8) is 0 Å². The van der Waals surface area contributed by atoms with E-state index in [1.807, 2.05) is 6.92 Å². The number of aliphatic hydroxyl groups is 1. The van der Waals surface area contributed by atoms with Crippen molar-refractivity contribution in [1.29, 1.82) is 0 Å². The summed E-state index contributed by atoms with van der Waals surface area (Å²) in [6.07, 6.45) is -1.03. The molecule has 0 amide bonds. The number of carbonyl (C=O) groups excluding carboxylic acids is 1. The van der Waals surface area contributed by atoms with E-state index in [2.05, 4.69) is 15.9 Å². The number of ketones is 1. The lowest BCUT2D eigenvalue weighted by Gasteiger charge is -2.18. The molecule has 2 N–H and O–H groups in total. The van der Waals surface area contributed by atoms with Gasteiger partial charge in [0, 0.05) is 0 Å². The Bertz CT molecular complexity index is 470. The number of hydrogen-bond donors (Lipinski definition) is 2. The number of carboxylic acid groups (broad SMARTS) is 1. The third-order valence-electron chi connectivity index (χ3n) is 2.75. The molecule has 0 aromatic heterocycles. The van der Waals surface area contributed by atoms with Crippen molar-refractivity contribution in [3.05, 3.63) is 34.9 Å². The largest absolute Gasteiger partial charge is 0.479 e. The molecule has 1 rings (SSSR count). The van der Waals surface area contributed by atoms with Gasteiger partial charge >= 0.3 is 5.97 Å². The zero-order chi connectivity index (χ0) is 13.9. The lowest BCUT2D eigenvalue weighted by atomic mass is 9.92. The monoisotopic (exact) mass is 314 g/mol. The number of alkyl halides is 1. The first-order valence-electron chi connectivity index (χ1n) is 5.57. The number of rotatable bonds is 5. The molecule has 5 heteroatoms. The van der Waals surface area contributed by atoms with Gasteiger partial charge in [0.15, 0.2) is 6.10 Å². The zero-order valence-corrected chi connectivity index (χ0v) is 11.8. The predicted molar refractivity (Wildman–Crippen MR) is 70.8 cm³/mol. The van der Waals surface area contributed by atoms with E-state index in [4.69, 9.17) is 5.11 Å². The second kappa shape index (κ2) is 6.11. The molecule has 0 fully saturated rings. The normalized spacial score (nSPS) is 14.0. The Balaban J connectivity index is 3.42. The Kier molecular flexibility index (Phi) is 5.04. The summed E-state index contributed by atoms with van der Waals surface area (Å²) < 4.78 is 0. The first-order chi connectivity index (χ1) is 8.40. The van der Waals surface area contributed by atoms with Crippen LogP contribution in [0.5, 0.6) is 0 Å². The zero-order valence-electron chi connectivity index (χ0n) is 10.2. The fourth-order valence-corrected chi connectivity index (χ4v) is 2.24. The third kappa shape index (κ3) is 2.97. The minimum absolute atomic E-state index is 0.137. The molecule has 18 heavy (non-hydrogen) atoms. The van der Waals surface area contributed by atoms with E-state index in [9.17, 15) is 14.7 Å². The summed E-state index contributed by atoms with van der Waals surface area (Å²) >= 11 is 3.23. The maximum Gasteiger partial charge on any atom is 0.337 e. The van der Waals surface area contributed by atoms with Gasteiger partial charge in [0.25, 0.3) is 0 Å². The summed E-state index contributed by atoms with van der Waals surface area (Å²) in [6.45, 7) is 3.28. The molecule has 4 nitrogen and oxygen atoms in total. The highest BCUT2D eigenvalue weighted by Crippen LogP contribution is 2.33. The van der Waals surface area contributed by atoms with Crippen molar-refractivity contribution in [2.75, 3.05) is 0 Å². The first kappa shape index (κ1) is 14.9. The van der Waals surface area contributed by atoms with E-state index in [1.54, 1.807) is 18.2 Å². The Morgan fingerprint density at radius 1 is 1.39 bits per heavy atom. The van der Waals surface area contributed by atoms with Crippen LogP contribution in [0.1, 0.15) is 41.5 Å². The quantitative estimate of drug-likeness (QED) is 0.818. The average molecular weight is 315 g/mol. The first-order valence-corrected chi connectivity index (χ1v) is 6.48. The van der Waals surface area contributed by atoms with Gasteiger partial charge in [-0.25, -0.2) is 4.79 Å². The van der Waals surface area contributed by atoms with Gasteiger partial charge in [0.1, 0.15) is 5.78 Å². The van der Waals surface area contributed by atoms with E-state index >= 15 is 0 Å². The Hall–Kier alpha value is -1.20. The van der Waals surface area contributed by atoms with E-state index < -0.39 is 16.9 Å². The van der Waals surface area contributed by atoms with Crippen LogP contribution in [-0.4, -0.2) is 22.0 Å². The molecule has 0 heterocycles. The molecular formula is C13H15BrO4. The van der Waals surface area contributed by atoms with Gasteiger partial charge in [-0.05, 0) is 30.0 Å². The van der Waals surface area contributed by atoms with Crippen molar-refractivity contribution in [2.24, 2.45) is 0 Å². The highest BCUT2D eigenvalue weighted by atomic mass is 79.9. The molecule has 0 saturated carbocycles. The average Bonchev–Trinajstić information content (AvgIpc) is 2.35. The summed E-state index contributed by atoms with van der Waals surface area (Å²) in [5.41, 5.74) is 1.55. The van der Waals surface area contributed by atoms with Crippen LogP contribution in [-0.2, 0) is 16.0 Å². The maximum absolute atomic E-state index is 11.4. The summed E-state index contributed by atoms with van der Waals surface area (Å²) in [4.78, 5) is 21.8. The van der Waals surface area contributed by atoms with Crippen LogP contribution < -0.4 is 0 Å². The maximum atomic E-state index is 11.4. The molecule has 0 aliphatic heterocycles. The molecule has 0 saturated heterocycles. The molecule has 0 aliphatic carbocycles. The molecule has 0 radical (unpaired) electrons. The van der Waals surface area contributed by atoms with Crippen LogP contribution in [0.3, 0.4) is 0 Å². The summed E-state index contributed by atoms with van der Waals surface area (Å²) in [6, 6.07) is 5.16. The van der Waals surface area contributed by atoms with Gasteiger partial charge < -0.3 is 10.2 Å². The number of aliphatic hydroxyl groups excluding tert-OH is 1. The number of Topliss-reactive ketones (excluding diaryl/α,β-unsaturated/α-hetero) is 1. The number of carbonyl (C=O) groups is 2. The second-order valence-corrected chi connectivity index (χ2v) is 4.90. The van der Waals surface area contributed by atoms with E-state index in [0.717, 1.165) is 5.56 Å². The second-order valence-electron chi connectivity index (χ2n) is 3.99. The van der Waals surface area contributed by atoms with Crippen molar-refractivity contribution in [3.8, 4) is 0 Å². The number of aliphatic carboxylic acids is 1. The highest BCUT2D eigenvalue weighted by molar-refractivity contribution is 9.09. The molecule has 2 unspecified atom stereocenters.